The van der Waals surface area contributed by atoms with Crippen molar-refractivity contribution in [2.24, 2.45) is 4.99 Å². The number of aromatic nitrogens is 2. The number of aryl methyl sites for hydroxylation is 1. The molecule has 3 N–H and O–H groups in total. The lowest BCUT2D eigenvalue weighted by atomic mass is 10.2. The lowest BCUT2D eigenvalue weighted by molar-refractivity contribution is -0.108. The Labute approximate surface area is 230 Å². The van der Waals surface area contributed by atoms with Gasteiger partial charge in [-0.15, -0.1) is 0 Å². The number of ether oxygens (including phenoxy) is 1. The highest BCUT2D eigenvalue weighted by Crippen LogP contribution is 2.22. The number of aldehydes is 1. The molecule has 0 unspecified atom stereocenters. The van der Waals surface area contributed by atoms with Gasteiger partial charge in [-0.2, -0.15) is 0 Å². The van der Waals surface area contributed by atoms with Gasteiger partial charge in [0, 0.05) is 36.6 Å². The molecular weight excluding hydrogens is 524 g/mol. The molecule has 0 bridgehead atoms. The van der Waals surface area contributed by atoms with Crippen molar-refractivity contribution in [3.63, 3.8) is 0 Å². The molecule has 2 aromatic heterocycles. The molecule has 39 heavy (non-hydrogen) atoms. The molecule has 204 valence electrons. The number of benzene rings is 2. The highest BCUT2D eigenvalue weighted by atomic mass is 35.5. The van der Waals surface area contributed by atoms with E-state index in [1.807, 2.05) is 44.4 Å². The molecule has 2 aromatic carbocycles. The number of halogens is 1. The molecule has 4 aromatic rings. The summed E-state index contributed by atoms with van der Waals surface area (Å²) < 4.78 is 14.5. The first-order valence-electron chi connectivity index (χ1n) is 11.5. The summed E-state index contributed by atoms with van der Waals surface area (Å²) in [5.74, 6) is 1.02. The fraction of sp³-hybridized carbons (Fsp3) is 0.148. The van der Waals surface area contributed by atoms with E-state index in [-0.39, 0.29) is 0 Å². The number of carbonyl (C=O) groups excluding carboxylic acids is 2. The summed E-state index contributed by atoms with van der Waals surface area (Å²) >= 11 is 5.78. The lowest BCUT2D eigenvalue weighted by Crippen LogP contribution is -2.10. The first-order valence-corrected chi connectivity index (χ1v) is 11.9. The van der Waals surface area contributed by atoms with Crippen LogP contribution in [0.1, 0.15) is 28.5 Å². The van der Waals surface area contributed by atoms with Crippen LogP contribution < -0.4 is 20.7 Å². The molecule has 4 rings (SSSR count). The normalized spacial score (nSPS) is 10.4. The second-order valence-corrected chi connectivity index (χ2v) is 7.97. The first kappa shape index (κ1) is 30.3. The Balaban J connectivity index is 0.000000218. The molecule has 0 aliphatic carbocycles. The minimum absolute atomic E-state index is 0.392. The third-order valence-corrected chi connectivity index (χ3v) is 4.93. The van der Waals surface area contributed by atoms with Gasteiger partial charge in [-0.1, -0.05) is 28.9 Å². The number of nitrogens with one attached hydrogen (secondary N) is 3. The summed E-state index contributed by atoms with van der Waals surface area (Å²) in [7, 11) is 1.90. The molecule has 0 radical (unpaired) electrons. The SMILES string of the molecule is CN/C(C)=C/NCc1ccc(Cl)cc1.Cc1nocc1C=O.O=CNC=Nc1ccc(Oc2ccon2)cc1. The van der Waals surface area contributed by atoms with E-state index in [9.17, 15) is 9.59 Å². The monoisotopic (exact) mass is 552 g/mol. The Morgan fingerprint density at radius 2 is 1.79 bits per heavy atom. The molecule has 0 atom stereocenters. The summed E-state index contributed by atoms with van der Waals surface area (Å²) in [4.78, 5) is 24.0. The minimum atomic E-state index is 0.392. The lowest BCUT2D eigenvalue weighted by Gasteiger charge is -2.03. The molecule has 0 saturated carbocycles. The van der Waals surface area contributed by atoms with Crippen molar-refractivity contribution >= 4 is 36.3 Å². The molecule has 2 heterocycles. The zero-order chi connectivity index (χ0) is 28.3. The molecule has 12 heteroatoms. The van der Waals surface area contributed by atoms with Gasteiger partial charge in [0.1, 0.15) is 18.3 Å². The predicted molar refractivity (Wildman–Crippen MR) is 148 cm³/mol. The average molecular weight is 553 g/mol. The average Bonchev–Trinajstić information content (AvgIpc) is 3.63. The van der Waals surface area contributed by atoms with Crippen molar-refractivity contribution in [1.29, 1.82) is 0 Å². The van der Waals surface area contributed by atoms with Crippen LogP contribution in [0.2, 0.25) is 5.02 Å². The molecule has 0 aliphatic rings. The number of allylic oxidation sites excluding steroid dienone is 1. The van der Waals surface area contributed by atoms with Gasteiger partial charge < -0.3 is 29.7 Å². The maximum Gasteiger partial charge on any atom is 0.259 e. The highest BCUT2D eigenvalue weighted by molar-refractivity contribution is 6.30. The van der Waals surface area contributed by atoms with E-state index >= 15 is 0 Å². The van der Waals surface area contributed by atoms with Crippen LogP contribution in [0.25, 0.3) is 0 Å². The Bertz CT molecular complexity index is 1300. The number of rotatable bonds is 10. The molecule has 1 amide bonds. The number of amides is 1. The van der Waals surface area contributed by atoms with Crippen molar-refractivity contribution in [2.75, 3.05) is 7.05 Å². The van der Waals surface area contributed by atoms with E-state index in [1.165, 1.54) is 24.4 Å². The Hall–Kier alpha value is -4.90. The number of hydrogen-bond acceptors (Lipinski definition) is 10. The second-order valence-electron chi connectivity index (χ2n) is 7.53. The summed E-state index contributed by atoms with van der Waals surface area (Å²) in [6, 6.07) is 16.4. The van der Waals surface area contributed by atoms with Crippen molar-refractivity contribution < 1.29 is 23.4 Å². The maximum atomic E-state index is 9.99. The summed E-state index contributed by atoms with van der Waals surface area (Å²) in [5, 5.41) is 16.4. The molecule has 0 aliphatic heterocycles. The molecule has 0 saturated heterocycles. The van der Waals surface area contributed by atoms with E-state index in [2.05, 4.69) is 40.3 Å². The van der Waals surface area contributed by atoms with Gasteiger partial charge in [0.15, 0.2) is 6.29 Å². The minimum Gasteiger partial charge on any atom is -0.436 e. The Morgan fingerprint density at radius 1 is 1.05 bits per heavy atom. The quantitative estimate of drug-likeness (QED) is 0.138. The van der Waals surface area contributed by atoms with Crippen LogP contribution in [0.5, 0.6) is 11.6 Å². The van der Waals surface area contributed by atoms with Crippen molar-refractivity contribution in [1.82, 2.24) is 26.3 Å². The van der Waals surface area contributed by atoms with Crippen LogP contribution >= 0.6 is 11.6 Å². The van der Waals surface area contributed by atoms with Crippen LogP contribution in [0.15, 0.2) is 93.1 Å². The summed E-state index contributed by atoms with van der Waals surface area (Å²) in [6.45, 7) is 4.54. The van der Waals surface area contributed by atoms with E-state index in [0.717, 1.165) is 17.3 Å². The van der Waals surface area contributed by atoms with Crippen LogP contribution in [0.3, 0.4) is 0 Å². The maximum absolute atomic E-state index is 9.99. The largest absolute Gasteiger partial charge is 0.436 e. The standard InChI is InChI=1S/C11H15ClN2.C11H9N3O3.C5H5NO2/c1-9(13-2)7-14-8-10-3-5-11(12)6-4-10;15-8-12-7-13-9-1-3-10(4-2-9)17-11-5-6-16-14-11;1-4-5(2-7)3-8-6-4/h3-7,13-14H,8H2,1-2H3;1-8H,(H,12,13,15);2-3H,1H3/b9-7+;;. The highest BCUT2D eigenvalue weighted by Gasteiger charge is 1.99. The van der Waals surface area contributed by atoms with Crippen LogP contribution in [-0.2, 0) is 11.3 Å². The van der Waals surface area contributed by atoms with Crippen molar-refractivity contribution in [2.45, 2.75) is 20.4 Å². The Morgan fingerprint density at radius 3 is 2.33 bits per heavy atom. The predicted octanol–water partition coefficient (Wildman–Crippen LogP) is 5.18. The van der Waals surface area contributed by atoms with Crippen LogP contribution in [0.4, 0.5) is 5.69 Å². The third kappa shape index (κ3) is 12.3. The smallest absolute Gasteiger partial charge is 0.259 e. The van der Waals surface area contributed by atoms with E-state index < -0.39 is 0 Å². The summed E-state index contributed by atoms with van der Waals surface area (Å²) in [5.41, 5.74) is 4.19. The van der Waals surface area contributed by atoms with Gasteiger partial charge in [-0.3, -0.25) is 9.59 Å². The molecular formula is C27H29ClN6O5. The van der Waals surface area contributed by atoms with Gasteiger partial charge in [0.05, 0.1) is 23.3 Å². The number of hydrogen-bond donors (Lipinski definition) is 3. The van der Waals surface area contributed by atoms with E-state index in [0.29, 0.717) is 41.3 Å². The third-order valence-electron chi connectivity index (χ3n) is 4.68. The fourth-order valence-corrected chi connectivity index (χ4v) is 2.65. The molecule has 0 fully saturated rings. The first-order chi connectivity index (χ1) is 18.9. The number of carbonyl (C=O) groups is 2. The fourth-order valence-electron chi connectivity index (χ4n) is 2.53. The van der Waals surface area contributed by atoms with Gasteiger partial charge in [0.2, 0.25) is 6.41 Å². The summed E-state index contributed by atoms with van der Waals surface area (Å²) in [6.07, 6.45) is 7.27. The van der Waals surface area contributed by atoms with Crippen molar-refractivity contribution in [3.8, 4) is 11.6 Å². The van der Waals surface area contributed by atoms with Crippen LogP contribution in [0, 0.1) is 6.92 Å². The number of aliphatic imine (C=N–C) groups is 1. The van der Waals surface area contributed by atoms with Gasteiger partial charge in [-0.05, 0) is 61.0 Å². The topological polar surface area (TPSA) is 144 Å². The van der Waals surface area contributed by atoms with Gasteiger partial charge >= 0.3 is 0 Å². The van der Waals surface area contributed by atoms with Gasteiger partial charge in [-0.25, -0.2) is 4.99 Å². The van der Waals surface area contributed by atoms with Gasteiger partial charge in [0.25, 0.3) is 5.88 Å². The Kier molecular flexibility index (Phi) is 13.6. The van der Waals surface area contributed by atoms with Crippen LogP contribution in [-0.4, -0.2) is 36.4 Å². The van der Waals surface area contributed by atoms with E-state index in [4.69, 9.17) is 16.3 Å². The zero-order valence-corrected chi connectivity index (χ0v) is 22.4. The zero-order valence-electron chi connectivity index (χ0n) is 21.6. The molecule has 11 nitrogen and oxygen atoms in total. The van der Waals surface area contributed by atoms with E-state index in [1.54, 1.807) is 37.3 Å². The number of nitrogens with zero attached hydrogens (tertiary/aromatic N) is 3. The second kappa shape index (κ2) is 17.5. The molecule has 0 spiro atoms. The van der Waals surface area contributed by atoms with Crippen molar-refractivity contribution in [3.05, 3.63) is 101 Å².